The average Bonchev–Trinajstić information content (AvgIpc) is 2.23. The number of nitrogens with two attached hydrogens (primary N) is 1. The maximum Gasteiger partial charge on any atom is 0.224 e. The topological polar surface area (TPSA) is 58.4 Å². The van der Waals surface area contributed by atoms with Crippen molar-refractivity contribution in [3.63, 3.8) is 0 Å². The second-order valence-electron chi connectivity index (χ2n) is 6.50. The summed E-state index contributed by atoms with van der Waals surface area (Å²) >= 11 is 0. The smallest absolute Gasteiger partial charge is 0.224 e. The highest BCUT2D eigenvalue weighted by Crippen LogP contribution is 2.23. The minimum Gasteiger partial charge on any atom is -0.356 e. The summed E-state index contributed by atoms with van der Waals surface area (Å²) in [5, 5.41) is 2.99. The summed E-state index contributed by atoms with van der Waals surface area (Å²) < 4.78 is 0. The maximum atomic E-state index is 11.9. The summed E-state index contributed by atoms with van der Waals surface area (Å²) in [5.74, 6) is 0.0520. The van der Waals surface area contributed by atoms with E-state index in [1.807, 2.05) is 0 Å². The van der Waals surface area contributed by atoms with Gasteiger partial charge in [0.15, 0.2) is 0 Å². The third-order valence-electron chi connectivity index (χ3n) is 2.85. The Labute approximate surface area is 112 Å². The highest BCUT2D eigenvalue weighted by atomic mass is 16.1. The molecular weight excluding hydrogens is 226 g/mol. The van der Waals surface area contributed by atoms with Crippen molar-refractivity contribution in [3.8, 4) is 0 Å². The predicted molar refractivity (Wildman–Crippen MR) is 77.4 cm³/mol. The van der Waals surface area contributed by atoms with Crippen LogP contribution in [0.25, 0.3) is 0 Å². The first-order valence-corrected chi connectivity index (χ1v) is 6.89. The molecule has 108 valence electrons. The van der Waals surface area contributed by atoms with E-state index in [1.165, 1.54) is 0 Å². The summed E-state index contributed by atoms with van der Waals surface area (Å²) in [4.78, 5) is 14.1. The van der Waals surface area contributed by atoms with E-state index >= 15 is 0 Å². The fraction of sp³-hybridized carbons (Fsp3) is 0.929. The van der Waals surface area contributed by atoms with Crippen LogP contribution in [-0.2, 0) is 4.79 Å². The second kappa shape index (κ2) is 8.48. The molecule has 0 aliphatic heterocycles. The van der Waals surface area contributed by atoms with Crippen molar-refractivity contribution in [2.24, 2.45) is 17.1 Å². The molecule has 0 bridgehead atoms. The van der Waals surface area contributed by atoms with E-state index in [-0.39, 0.29) is 17.2 Å². The highest BCUT2D eigenvalue weighted by molar-refractivity contribution is 5.78. The summed E-state index contributed by atoms with van der Waals surface area (Å²) in [5.41, 5.74) is 5.83. The summed E-state index contributed by atoms with van der Waals surface area (Å²) in [6, 6.07) is 0. The normalized spacial score (nSPS) is 13.7. The molecule has 0 aromatic rings. The van der Waals surface area contributed by atoms with E-state index < -0.39 is 0 Å². The van der Waals surface area contributed by atoms with Crippen LogP contribution in [-0.4, -0.2) is 44.5 Å². The number of hydrogen-bond acceptors (Lipinski definition) is 3. The van der Waals surface area contributed by atoms with E-state index in [4.69, 9.17) is 5.73 Å². The van der Waals surface area contributed by atoms with Crippen LogP contribution >= 0.6 is 0 Å². The van der Waals surface area contributed by atoms with Gasteiger partial charge in [-0.15, -0.1) is 0 Å². The first kappa shape index (κ1) is 17.4. The number of carbonyl (C=O) groups is 1. The predicted octanol–water partition coefficient (Wildman–Crippen LogP) is 1.46. The van der Waals surface area contributed by atoms with Crippen LogP contribution in [0.3, 0.4) is 0 Å². The molecule has 0 aromatic heterocycles. The Hall–Kier alpha value is -0.610. The number of hydrogen-bond donors (Lipinski definition) is 2. The Bertz CT molecular complexity index is 234. The Morgan fingerprint density at radius 2 is 1.89 bits per heavy atom. The lowest BCUT2D eigenvalue weighted by Crippen LogP contribution is -2.37. The van der Waals surface area contributed by atoms with Gasteiger partial charge in [0.2, 0.25) is 5.91 Å². The number of nitrogens with zero attached hydrogens (tertiary/aromatic N) is 1. The lowest BCUT2D eigenvalue weighted by atomic mass is 9.84. The van der Waals surface area contributed by atoms with Crippen molar-refractivity contribution in [1.29, 1.82) is 0 Å². The van der Waals surface area contributed by atoms with Gasteiger partial charge >= 0.3 is 0 Å². The van der Waals surface area contributed by atoms with Crippen molar-refractivity contribution >= 4 is 5.91 Å². The molecule has 0 spiro atoms. The van der Waals surface area contributed by atoms with Crippen molar-refractivity contribution < 1.29 is 4.79 Å². The molecule has 1 unspecified atom stereocenters. The Kier molecular flexibility index (Phi) is 8.20. The van der Waals surface area contributed by atoms with Crippen molar-refractivity contribution in [3.05, 3.63) is 0 Å². The lowest BCUT2D eigenvalue weighted by molar-refractivity contribution is -0.125. The van der Waals surface area contributed by atoms with E-state index in [0.29, 0.717) is 6.54 Å². The zero-order valence-electron chi connectivity index (χ0n) is 12.8. The highest BCUT2D eigenvalue weighted by Gasteiger charge is 2.23. The molecule has 0 fully saturated rings. The first-order valence-electron chi connectivity index (χ1n) is 6.89. The second-order valence-corrected chi connectivity index (χ2v) is 6.50. The Balaban J connectivity index is 3.84. The molecule has 0 aliphatic carbocycles. The molecule has 0 saturated heterocycles. The van der Waals surface area contributed by atoms with E-state index in [0.717, 1.165) is 32.4 Å². The SMILES string of the molecule is CN(C)CCCCNC(=O)C(CN)CC(C)(C)C. The van der Waals surface area contributed by atoms with Crippen LogP contribution < -0.4 is 11.1 Å². The molecule has 1 atom stereocenters. The van der Waals surface area contributed by atoms with Gasteiger partial charge in [0, 0.05) is 13.1 Å². The molecule has 0 rings (SSSR count). The van der Waals surface area contributed by atoms with Crippen LogP contribution in [0.1, 0.15) is 40.0 Å². The molecule has 0 heterocycles. The quantitative estimate of drug-likeness (QED) is 0.647. The summed E-state index contributed by atoms with van der Waals surface area (Å²) in [7, 11) is 4.12. The van der Waals surface area contributed by atoms with Gasteiger partial charge in [0.1, 0.15) is 0 Å². The molecule has 0 aromatic carbocycles. The van der Waals surface area contributed by atoms with Crippen molar-refractivity contribution in [1.82, 2.24) is 10.2 Å². The average molecular weight is 257 g/mol. The monoisotopic (exact) mass is 257 g/mol. The molecule has 0 radical (unpaired) electrons. The van der Waals surface area contributed by atoms with E-state index in [9.17, 15) is 4.79 Å². The van der Waals surface area contributed by atoms with Crippen LogP contribution in [0, 0.1) is 11.3 Å². The molecule has 18 heavy (non-hydrogen) atoms. The molecular formula is C14H31N3O. The standard InChI is InChI=1S/C14H31N3O/c1-14(2,3)10-12(11-15)13(18)16-8-6-7-9-17(4)5/h12H,6-11,15H2,1-5H3,(H,16,18). The van der Waals surface area contributed by atoms with Gasteiger partial charge in [-0.25, -0.2) is 0 Å². The Morgan fingerprint density at radius 1 is 1.28 bits per heavy atom. The number of rotatable bonds is 8. The van der Waals surface area contributed by atoms with Gasteiger partial charge in [-0.1, -0.05) is 20.8 Å². The third kappa shape index (κ3) is 9.42. The first-order chi connectivity index (χ1) is 8.26. The van der Waals surface area contributed by atoms with Gasteiger partial charge in [0.05, 0.1) is 5.92 Å². The molecule has 3 N–H and O–H groups in total. The van der Waals surface area contributed by atoms with Gasteiger partial charge in [-0.3, -0.25) is 4.79 Å². The molecule has 1 amide bonds. The minimum absolute atomic E-state index is 0.0566. The third-order valence-corrected chi connectivity index (χ3v) is 2.85. The van der Waals surface area contributed by atoms with Crippen molar-refractivity contribution in [2.75, 3.05) is 33.7 Å². The summed E-state index contributed by atoms with van der Waals surface area (Å²) in [6.45, 7) is 8.67. The van der Waals surface area contributed by atoms with Crippen LogP contribution in [0.5, 0.6) is 0 Å². The fourth-order valence-corrected chi connectivity index (χ4v) is 1.93. The fourth-order valence-electron chi connectivity index (χ4n) is 1.93. The molecule has 0 aliphatic rings. The zero-order valence-corrected chi connectivity index (χ0v) is 12.8. The molecule has 4 heteroatoms. The van der Waals surface area contributed by atoms with Crippen LogP contribution in [0.4, 0.5) is 0 Å². The maximum absolute atomic E-state index is 11.9. The molecule has 0 saturated carbocycles. The van der Waals surface area contributed by atoms with Gasteiger partial charge < -0.3 is 16.0 Å². The summed E-state index contributed by atoms with van der Waals surface area (Å²) in [6.07, 6.45) is 2.98. The van der Waals surface area contributed by atoms with E-state index in [1.54, 1.807) is 0 Å². The number of carbonyl (C=O) groups excluding carboxylic acids is 1. The van der Waals surface area contributed by atoms with Crippen LogP contribution in [0.15, 0.2) is 0 Å². The van der Waals surface area contributed by atoms with Gasteiger partial charge in [-0.05, 0) is 45.3 Å². The minimum atomic E-state index is -0.0566. The van der Waals surface area contributed by atoms with Crippen LogP contribution in [0.2, 0.25) is 0 Å². The zero-order chi connectivity index (χ0) is 14.2. The Morgan fingerprint density at radius 3 is 2.33 bits per heavy atom. The molecule has 4 nitrogen and oxygen atoms in total. The number of unbranched alkanes of at least 4 members (excludes halogenated alkanes) is 1. The lowest BCUT2D eigenvalue weighted by Gasteiger charge is -2.24. The van der Waals surface area contributed by atoms with Gasteiger partial charge in [0.25, 0.3) is 0 Å². The van der Waals surface area contributed by atoms with Crippen molar-refractivity contribution in [2.45, 2.75) is 40.0 Å². The van der Waals surface area contributed by atoms with Gasteiger partial charge in [-0.2, -0.15) is 0 Å². The number of amides is 1. The number of nitrogens with one attached hydrogen (secondary N) is 1. The van der Waals surface area contributed by atoms with E-state index in [2.05, 4.69) is 45.1 Å². The largest absolute Gasteiger partial charge is 0.356 e.